The third kappa shape index (κ3) is 1.36. The fourth-order valence-corrected chi connectivity index (χ4v) is 1.37. The van der Waals surface area contributed by atoms with Gasteiger partial charge in [-0.1, -0.05) is 0 Å². The molecule has 0 saturated carbocycles. The van der Waals surface area contributed by atoms with Crippen molar-refractivity contribution in [2.75, 3.05) is 0 Å². The number of aromatic hydroxyl groups is 2. The molecule has 0 aromatic heterocycles. The molecule has 0 unspecified atom stereocenters. The van der Waals surface area contributed by atoms with Crippen LogP contribution in [-0.2, 0) is 0 Å². The van der Waals surface area contributed by atoms with Gasteiger partial charge in [-0.2, -0.15) is 0 Å². The Morgan fingerprint density at radius 2 is 1.47 bits per heavy atom. The molecule has 2 aromatic rings. The molecule has 0 amide bonds. The quantitative estimate of drug-likeness (QED) is 0.662. The van der Waals surface area contributed by atoms with E-state index < -0.39 is 29.0 Å². The second-order valence-electron chi connectivity index (χ2n) is 3.05. The van der Waals surface area contributed by atoms with Gasteiger partial charge in [0.15, 0.2) is 17.5 Å². The average molecular weight is 214 g/mol. The van der Waals surface area contributed by atoms with Crippen LogP contribution in [0, 0.1) is 17.5 Å². The van der Waals surface area contributed by atoms with Gasteiger partial charge in [-0.05, 0) is 12.1 Å². The number of fused-ring (bicyclic) bond motifs is 1. The standard InChI is InChI=1S/C10H5F3O2/c11-7-3-5-6(9(12)10(7)13)1-4(14)2-8(5)15/h1-3,14-15H. The summed E-state index contributed by atoms with van der Waals surface area (Å²) in [5, 5.41) is 17.8. The molecule has 0 aliphatic heterocycles. The lowest BCUT2D eigenvalue weighted by Gasteiger charge is -2.04. The van der Waals surface area contributed by atoms with Crippen molar-refractivity contribution < 1.29 is 23.4 Å². The molecule has 0 bridgehead atoms. The summed E-state index contributed by atoms with van der Waals surface area (Å²) in [6.07, 6.45) is 0. The minimum Gasteiger partial charge on any atom is -0.508 e. The van der Waals surface area contributed by atoms with Gasteiger partial charge in [0.05, 0.1) is 0 Å². The Morgan fingerprint density at radius 1 is 0.800 bits per heavy atom. The maximum absolute atomic E-state index is 13.2. The van der Waals surface area contributed by atoms with Gasteiger partial charge in [0.25, 0.3) is 0 Å². The Bertz CT molecular complexity index is 552. The molecule has 0 radical (unpaired) electrons. The van der Waals surface area contributed by atoms with Crippen molar-refractivity contribution in [2.45, 2.75) is 0 Å². The molecule has 2 N–H and O–H groups in total. The van der Waals surface area contributed by atoms with Crippen molar-refractivity contribution in [1.82, 2.24) is 0 Å². The summed E-state index contributed by atoms with van der Waals surface area (Å²) in [7, 11) is 0. The van der Waals surface area contributed by atoms with Crippen molar-refractivity contribution in [2.24, 2.45) is 0 Å². The van der Waals surface area contributed by atoms with Crippen molar-refractivity contribution in [3.63, 3.8) is 0 Å². The van der Waals surface area contributed by atoms with Crippen LogP contribution >= 0.6 is 0 Å². The Kier molecular flexibility index (Phi) is 1.96. The summed E-state index contributed by atoms with van der Waals surface area (Å²) in [5.74, 6) is -5.39. The molecule has 0 heterocycles. The van der Waals surface area contributed by atoms with Crippen LogP contribution in [0.25, 0.3) is 10.8 Å². The first-order valence-electron chi connectivity index (χ1n) is 4.00. The largest absolute Gasteiger partial charge is 0.508 e. The molecule has 78 valence electrons. The summed E-state index contributed by atoms with van der Waals surface area (Å²) in [6, 6.07) is 2.49. The molecule has 2 aromatic carbocycles. The molecule has 5 heteroatoms. The number of rotatable bonds is 0. The summed E-state index contributed by atoms with van der Waals surface area (Å²) in [4.78, 5) is 0. The molecule has 0 saturated heterocycles. The molecule has 2 rings (SSSR count). The van der Waals surface area contributed by atoms with Gasteiger partial charge < -0.3 is 10.2 Å². The van der Waals surface area contributed by atoms with Gasteiger partial charge >= 0.3 is 0 Å². The lowest BCUT2D eigenvalue weighted by molar-refractivity contribution is 0.444. The lowest BCUT2D eigenvalue weighted by Crippen LogP contribution is -1.92. The Balaban J connectivity index is 2.98. The van der Waals surface area contributed by atoms with Crippen LogP contribution in [0.15, 0.2) is 18.2 Å². The molecule has 0 aliphatic rings. The van der Waals surface area contributed by atoms with E-state index in [-0.39, 0.29) is 10.8 Å². The molecule has 15 heavy (non-hydrogen) atoms. The van der Waals surface area contributed by atoms with E-state index in [0.717, 1.165) is 12.1 Å². The number of phenolic OH excluding ortho intramolecular Hbond substituents is 2. The number of hydrogen-bond acceptors (Lipinski definition) is 2. The van der Waals surface area contributed by atoms with E-state index in [4.69, 9.17) is 5.11 Å². The Labute approximate surface area is 82.2 Å². The van der Waals surface area contributed by atoms with Gasteiger partial charge in [-0.25, -0.2) is 13.2 Å². The third-order valence-corrected chi connectivity index (χ3v) is 2.05. The normalized spacial score (nSPS) is 10.9. The van der Waals surface area contributed by atoms with Gasteiger partial charge in [0, 0.05) is 16.8 Å². The van der Waals surface area contributed by atoms with E-state index >= 15 is 0 Å². The van der Waals surface area contributed by atoms with Gasteiger partial charge in [-0.15, -0.1) is 0 Å². The molecule has 0 fully saturated rings. The molecule has 0 spiro atoms. The van der Waals surface area contributed by atoms with E-state index in [1.165, 1.54) is 0 Å². The van der Waals surface area contributed by atoms with E-state index in [1.54, 1.807) is 0 Å². The number of benzene rings is 2. The second-order valence-corrected chi connectivity index (χ2v) is 3.05. The monoisotopic (exact) mass is 214 g/mol. The predicted octanol–water partition coefficient (Wildman–Crippen LogP) is 2.67. The molecule has 0 aliphatic carbocycles. The van der Waals surface area contributed by atoms with Crippen LogP contribution in [0.3, 0.4) is 0 Å². The van der Waals surface area contributed by atoms with Gasteiger partial charge in [0.1, 0.15) is 11.5 Å². The lowest BCUT2D eigenvalue weighted by atomic mass is 10.1. The third-order valence-electron chi connectivity index (χ3n) is 2.05. The molecule has 0 atom stereocenters. The zero-order chi connectivity index (χ0) is 11.2. The minimum absolute atomic E-state index is 0.191. The van der Waals surface area contributed by atoms with Gasteiger partial charge in [-0.3, -0.25) is 0 Å². The second kappa shape index (κ2) is 3.05. The first-order chi connectivity index (χ1) is 7.00. The van der Waals surface area contributed by atoms with Crippen LogP contribution in [0.2, 0.25) is 0 Å². The number of halogens is 3. The van der Waals surface area contributed by atoms with Crippen LogP contribution < -0.4 is 0 Å². The van der Waals surface area contributed by atoms with Crippen molar-refractivity contribution in [3.8, 4) is 11.5 Å². The maximum Gasteiger partial charge on any atom is 0.195 e. The summed E-state index contributed by atoms with van der Waals surface area (Å²) < 4.78 is 38.8. The SMILES string of the molecule is Oc1cc(O)c2cc(F)c(F)c(F)c2c1. The maximum atomic E-state index is 13.2. The number of phenols is 2. The van der Waals surface area contributed by atoms with E-state index in [9.17, 15) is 18.3 Å². The smallest absolute Gasteiger partial charge is 0.195 e. The summed E-state index contributed by atoms with van der Waals surface area (Å²) in [5.41, 5.74) is 0. The number of hydrogen-bond donors (Lipinski definition) is 2. The zero-order valence-electron chi connectivity index (χ0n) is 7.26. The first-order valence-corrected chi connectivity index (χ1v) is 4.00. The highest BCUT2D eigenvalue weighted by molar-refractivity contribution is 5.90. The predicted molar refractivity (Wildman–Crippen MR) is 47.2 cm³/mol. The highest BCUT2D eigenvalue weighted by Gasteiger charge is 2.16. The molecular formula is C10H5F3O2. The fraction of sp³-hybridized carbons (Fsp3) is 0. The average Bonchev–Trinajstić information content (AvgIpc) is 2.17. The van der Waals surface area contributed by atoms with Crippen molar-refractivity contribution >= 4 is 10.8 Å². The van der Waals surface area contributed by atoms with Crippen LogP contribution in [-0.4, -0.2) is 10.2 Å². The first kappa shape index (κ1) is 9.64. The highest BCUT2D eigenvalue weighted by Crippen LogP contribution is 2.33. The van der Waals surface area contributed by atoms with E-state index in [1.807, 2.05) is 0 Å². The van der Waals surface area contributed by atoms with E-state index in [0.29, 0.717) is 6.07 Å². The fourth-order valence-electron chi connectivity index (χ4n) is 1.37. The van der Waals surface area contributed by atoms with E-state index in [2.05, 4.69) is 0 Å². The topological polar surface area (TPSA) is 40.5 Å². The zero-order valence-corrected chi connectivity index (χ0v) is 7.26. The van der Waals surface area contributed by atoms with Crippen LogP contribution in [0.1, 0.15) is 0 Å². The Morgan fingerprint density at radius 3 is 2.13 bits per heavy atom. The van der Waals surface area contributed by atoms with Crippen molar-refractivity contribution in [1.29, 1.82) is 0 Å². The molecular weight excluding hydrogens is 209 g/mol. The summed E-state index contributed by atoms with van der Waals surface area (Å²) >= 11 is 0. The molecule has 2 nitrogen and oxygen atoms in total. The van der Waals surface area contributed by atoms with Crippen LogP contribution in [0.4, 0.5) is 13.2 Å². The highest BCUT2D eigenvalue weighted by atomic mass is 19.2. The van der Waals surface area contributed by atoms with Gasteiger partial charge in [0.2, 0.25) is 0 Å². The van der Waals surface area contributed by atoms with Crippen molar-refractivity contribution in [3.05, 3.63) is 35.7 Å². The minimum atomic E-state index is -1.63. The summed E-state index contributed by atoms with van der Waals surface area (Å²) in [6.45, 7) is 0. The Hall–Kier alpha value is -1.91. The van der Waals surface area contributed by atoms with Crippen LogP contribution in [0.5, 0.6) is 11.5 Å².